The summed E-state index contributed by atoms with van der Waals surface area (Å²) < 4.78 is 27.2. The second-order valence-corrected chi connectivity index (χ2v) is 8.03. The minimum Gasteiger partial charge on any atom is -0.393 e. The Morgan fingerprint density at radius 2 is 1.90 bits per heavy atom. The molecule has 1 aromatic rings. The molecule has 0 amide bonds. The van der Waals surface area contributed by atoms with E-state index in [0.29, 0.717) is 23.8 Å². The average molecular weight is 311 g/mol. The van der Waals surface area contributed by atoms with Gasteiger partial charge in [0.25, 0.3) is 0 Å². The van der Waals surface area contributed by atoms with Crippen molar-refractivity contribution < 1.29 is 13.5 Å². The third-order valence-electron chi connectivity index (χ3n) is 4.17. The van der Waals surface area contributed by atoms with Gasteiger partial charge in [-0.05, 0) is 48.8 Å². The van der Waals surface area contributed by atoms with E-state index in [4.69, 9.17) is 0 Å². The second-order valence-electron chi connectivity index (χ2n) is 6.26. The fourth-order valence-corrected chi connectivity index (χ4v) is 3.91. The highest BCUT2D eigenvalue weighted by atomic mass is 32.2. The molecule has 0 aliphatic heterocycles. The molecular formula is C16H25NO3S. The summed E-state index contributed by atoms with van der Waals surface area (Å²) in [4.78, 5) is 0.309. The lowest BCUT2D eigenvalue weighted by Crippen LogP contribution is -2.33. The minimum absolute atomic E-state index is 0.235. The Morgan fingerprint density at radius 3 is 2.48 bits per heavy atom. The molecule has 2 N–H and O–H groups in total. The molecule has 1 saturated carbocycles. The Morgan fingerprint density at radius 1 is 1.24 bits per heavy atom. The van der Waals surface area contributed by atoms with Crippen LogP contribution in [-0.2, 0) is 10.0 Å². The third kappa shape index (κ3) is 4.53. The Labute approximate surface area is 127 Å². The van der Waals surface area contributed by atoms with E-state index in [-0.39, 0.29) is 12.0 Å². The van der Waals surface area contributed by atoms with Crippen molar-refractivity contribution in [3.8, 4) is 0 Å². The largest absolute Gasteiger partial charge is 0.393 e. The number of aliphatic hydroxyl groups excluding tert-OH is 1. The molecule has 1 fully saturated rings. The highest BCUT2D eigenvalue weighted by molar-refractivity contribution is 7.89. The smallest absolute Gasteiger partial charge is 0.240 e. The van der Waals surface area contributed by atoms with Gasteiger partial charge in [-0.2, -0.15) is 0 Å². The van der Waals surface area contributed by atoms with Crippen LogP contribution < -0.4 is 4.72 Å². The van der Waals surface area contributed by atoms with E-state index in [1.54, 1.807) is 12.1 Å². The molecule has 1 aliphatic carbocycles. The minimum atomic E-state index is -3.45. The van der Waals surface area contributed by atoms with Gasteiger partial charge in [-0.25, -0.2) is 13.1 Å². The molecule has 0 heterocycles. The molecule has 21 heavy (non-hydrogen) atoms. The predicted molar refractivity (Wildman–Crippen MR) is 83.7 cm³/mol. The lowest BCUT2D eigenvalue weighted by atomic mass is 9.87. The number of benzene rings is 1. The molecule has 0 spiro atoms. The highest BCUT2D eigenvalue weighted by Crippen LogP contribution is 2.24. The summed E-state index contributed by atoms with van der Waals surface area (Å²) in [6.45, 7) is 4.57. The first-order valence-electron chi connectivity index (χ1n) is 7.66. The lowest BCUT2D eigenvalue weighted by Gasteiger charge is -2.25. The Hall–Kier alpha value is -0.910. The van der Waals surface area contributed by atoms with E-state index in [2.05, 4.69) is 18.6 Å². The Balaban J connectivity index is 1.97. The van der Waals surface area contributed by atoms with Gasteiger partial charge in [0, 0.05) is 6.54 Å². The van der Waals surface area contributed by atoms with Gasteiger partial charge in [-0.15, -0.1) is 0 Å². The van der Waals surface area contributed by atoms with E-state index >= 15 is 0 Å². The zero-order chi connectivity index (χ0) is 15.5. The van der Waals surface area contributed by atoms with Crippen LogP contribution in [0.1, 0.15) is 51.0 Å². The summed E-state index contributed by atoms with van der Waals surface area (Å²) in [5.41, 5.74) is 1.13. The van der Waals surface area contributed by atoms with Gasteiger partial charge < -0.3 is 5.11 Å². The molecule has 2 atom stereocenters. The number of sulfonamides is 1. The maximum atomic E-state index is 12.3. The van der Waals surface area contributed by atoms with Crippen molar-refractivity contribution in [2.24, 2.45) is 5.92 Å². The lowest BCUT2D eigenvalue weighted by molar-refractivity contribution is 0.102. The SMILES string of the molecule is CC(C)c1ccc(S(=O)(=O)NCC2CCCC(O)C2)cc1. The maximum absolute atomic E-state index is 12.3. The monoisotopic (exact) mass is 311 g/mol. The van der Waals surface area contributed by atoms with Crippen LogP contribution in [0.5, 0.6) is 0 Å². The van der Waals surface area contributed by atoms with Crippen LogP contribution in [0.3, 0.4) is 0 Å². The van der Waals surface area contributed by atoms with E-state index in [1.165, 1.54) is 0 Å². The van der Waals surface area contributed by atoms with Gasteiger partial charge in [0.1, 0.15) is 0 Å². The van der Waals surface area contributed by atoms with E-state index < -0.39 is 10.0 Å². The van der Waals surface area contributed by atoms with Gasteiger partial charge in [0.2, 0.25) is 10.0 Å². The summed E-state index contributed by atoms with van der Waals surface area (Å²) in [6, 6.07) is 7.05. The van der Waals surface area contributed by atoms with Crippen molar-refractivity contribution in [3.05, 3.63) is 29.8 Å². The van der Waals surface area contributed by atoms with Crippen molar-refractivity contribution in [1.82, 2.24) is 4.72 Å². The normalized spacial score (nSPS) is 23.4. The van der Waals surface area contributed by atoms with Crippen LogP contribution in [0.15, 0.2) is 29.2 Å². The van der Waals surface area contributed by atoms with Crippen LogP contribution in [-0.4, -0.2) is 26.2 Å². The van der Waals surface area contributed by atoms with Gasteiger partial charge in [0.05, 0.1) is 11.0 Å². The maximum Gasteiger partial charge on any atom is 0.240 e. The van der Waals surface area contributed by atoms with Gasteiger partial charge in [0.15, 0.2) is 0 Å². The van der Waals surface area contributed by atoms with Crippen molar-refractivity contribution in [1.29, 1.82) is 0 Å². The van der Waals surface area contributed by atoms with Crippen molar-refractivity contribution in [2.45, 2.75) is 56.4 Å². The first-order chi connectivity index (χ1) is 9.88. The fourth-order valence-electron chi connectivity index (χ4n) is 2.79. The molecule has 2 rings (SSSR count). The fraction of sp³-hybridized carbons (Fsp3) is 0.625. The topological polar surface area (TPSA) is 66.4 Å². The predicted octanol–water partition coefficient (Wildman–Crippen LogP) is 2.64. The summed E-state index contributed by atoms with van der Waals surface area (Å²) in [7, 11) is -3.45. The molecular weight excluding hydrogens is 286 g/mol. The third-order valence-corrected chi connectivity index (χ3v) is 5.61. The molecule has 0 saturated heterocycles. The van der Waals surface area contributed by atoms with Gasteiger partial charge >= 0.3 is 0 Å². The molecule has 1 aromatic carbocycles. The number of rotatable bonds is 5. The summed E-state index contributed by atoms with van der Waals surface area (Å²) in [5.74, 6) is 0.622. The molecule has 0 aromatic heterocycles. The first kappa shape index (κ1) is 16.5. The molecule has 1 aliphatic rings. The van der Waals surface area contributed by atoms with E-state index in [0.717, 1.165) is 24.8 Å². The van der Waals surface area contributed by atoms with Crippen LogP contribution in [0.4, 0.5) is 0 Å². The number of hydrogen-bond donors (Lipinski definition) is 2. The highest BCUT2D eigenvalue weighted by Gasteiger charge is 2.22. The summed E-state index contributed by atoms with van der Waals surface area (Å²) in [5, 5.41) is 9.63. The standard InChI is InChI=1S/C16H25NO3S/c1-12(2)14-6-8-16(9-7-14)21(19,20)17-11-13-4-3-5-15(18)10-13/h6-9,12-13,15,17-18H,3-5,10-11H2,1-2H3. The van der Waals surface area contributed by atoms with Crippen LogP contribution in [0, 0.1) is 5.92 Å². The van der Waals surface area contributed by atoms with Crippen molar-refractivity contribution >= 4 is 10.0 Å². The molecule has 118 valence electrons. The summed E-state index contributed by atoms with van der Waals surface area (Å²) in [6.07, 6.45) is 3.19. The van der Waals surface area contributed by atoms with Gasteiger partial charge in [-0.3, -0.25) is 0 Å². The molecule has 0 radical (unpaired) electrons. The second kappa shape index (κ2) is 6.90. The van der Waals surface area contributed by atoms with Gasteiger partial charge in [-0.1, -0.05) is 32.4 Å². The van der Waals surface area contributed by atoms with Crippen LogP contribution >= 0.6 is 0 Å². The van der Waals surface area contributed by atoms with E-state index in [9.17, 15) is 13.5 Å². The zero-order valence-electron chi connectivity index (χ0n) is 12.7. The van der Waals surface area contributed by atoms with Crippen molar-refractivity contribution in [2.75, 3.05) is 6.54 Å². The summed E-state index contributed by atoms with van der Waals surface area (Å²) >= 11 is 0. The average Bonchev–Trinajstić information content (AvgIpc) is 2.45. The van der Waals surface area contributed by atoms with E-state index in [1.807, 2.05) is 12.1 Å². The van der Waals surface area contributed by atoms with Crippen molar-refractivity contribution in [3.63, 3.8) is 0 Å². The van der Waals surface area contributed by atoms with Crippen LogP contribution in [0.2, 0.25) is 0 Å². The first-order valence-corrected chi connectivity index (χ1v) is 9.14. The quantitative estimate of drug-likeness (QED) is 0.878. The zero-order valence-corrected chi connectivity index (χ0v) is 13.6. The molecule has 4 nitrogen and oxygen atoms in total. The molecule has 0 bridgehead atoms. The molecule has 5 heteroatoms. The number of nitrogens with one attached hydrogen (secondary N) is 1. The van der Waals surface area contributed by atoms with Crippen LogP contribution in [0.25, 0.3) is 0 Å². The molecule has 2 unspecified atom stereocenters. The number of hydrogen-bond acceptors (Lipinski definition) is 3. The number of aliphatic hydroxyl groups is 1. The Kier molecular flexibility index (Phi) is 5.41. The Bertz CT molecular complexity index is 551.